The smallest absolute Gasteiger partial charge is 0.195 e. The van der Waals surface area contributed by atoms with Gasteiger partial charge in [-0.25, -0.2) is 4.98 Å². The molecule has 0 atom stereocenters. The minimum atomic E-state index is 0.139. The molecular weight excluding hydrogens is 268 g/mol. The molecule has 0 spiro atoms. The molecule has 2 aromatic heterocycles. The maximum Gasteiger partial charge on any atom is 0.195 e. The Balaban J connectivity index is 2.20. The molecule has 0 unspecified atom stereocenters. The number of nitrogens with zero attached hydrogens (tertiary/aromatic N) is 2. The first-order valence-electron chi connectivity index (χ1n) is 6.57. The Kier molecular flexibility index (Phi) is 2.63. The molecule has 1 aliphatic rings. The van der Waals surface area contributed by atoms with Gasteiger partial charge in [0, 0.05) is 23.2 Å². The van der Waals surface area contributed by atoms with Crippen LogP contribution in [0.3, 0.4) is 0 Å². The van der Waals surface area contributed by atoms with Gasteiger partial charge in [-0.1, -0.05) is 18.2 Å². The zero-order valence-corrected chi connectivity index (χ0v) is 11.6. The Morgan fingerprint density at radius 3 is 2.80 bits per heavy atom. The molecule has 20 heavy (non-hydrogen) atoms. The highest BCUT2D eigenvalue weighted by atomic mass is 32.2. The number of para-hydroxylation sites is 1. The minimum absolute atomic E-state index is 0.139. The summed E-state index contributed by atoms with van der Waals surface area (Å²) in [5.74, 6) is 0.966. The molecule has 98 valence electrons. The van der Waals surface area contributed by atoms with Gasteiger partial charge in [-0.05, 0) is 30.7 Å². The summed E-state index contributed by atoms with van der Waals surface area (Å²) in [6, 6.07) is 13.8. The molecule has 3 aromatic rings. The lowest BCUT2D eigenvalue weighted by Crippen LogP contribution is -2.15. The van der Waals surface area contributed by atoms with Crippen LogP contribution < -0.4 is 5.43 Å². The largest absolute Gasteiger partial charge is 0.289 e. The third-order valence-electron chi connectivity index (χ3n) is 3.58. The summed E-state index contributed by atoms with van der Waals surface area (Å²) in [5, 5.41) is 1.75. The second kappa shape index (κ2) is 4.49. The summed E-state index contributed by atoms with van der Waals surface area (Å²) in [6.07, 6.45) is 2.59. The molecule has 0 aliphatic carbocycles. The van der Waals surface area contributed by atoms with Crippen LogP contribution in [0.4, 0.5) is 0 Å². The summed E-state index contributed by atoms with van der Waals surface area (Å²) in [6.45, 7) is 0. The van der Waals surface area contributed by atoms with Crippen LogP contribution in [0, 0.1) is 0 Å². The SMILES string of the molecule is O=c1c2c(n(-c3ccccc3)c3ncccc13)SCC2. The van der Waals surface area contributed by atoms with Crippen LogP contribution in [0.5, 0.6) is 0 Å². The van der Waals surface area contributed by atoms with E-state index in [2.05, 4.69) is 21.7 Å². The fourth-order valence-corrected chi connectivity index (χ4v) is 3.87. The fourth-order valence-electron chi connectivity index (χ4n) is 2.68. The van der Waals surface area contributed by atoms with Gasteiger partial charge >= 0.3 is 0 Å². The lowest BCUT2D eigenvalue weighted by Gasteiger charge is -2.15. The van der Waals surface area contributed by atoms with Crippen LogP contribution in [0.1, 0.15) is 5.56 Å². The maximum absolute atomic E-state index is 12.5. The Morgan fingerprint density at radius 1 is 1.10 bits per heavy atom. The van der Waals surface area contributed by atoms with Gasteiger partial charge in [0.15, 0.2) is 5.43 Å². The molecular formula is C16H12N2OS. The average molecular weight is 280 g/mol. The number of rotatable bonds is 1. The zero-order valence-electron chi connectivity index (χ0n) is 10.7. The van der Waals surface area contributed by atoms with Gasteiger partial charge in [-0.15, -0.1) is 11.8 Å². The van der Waals surface area contributed by atoms with Gasteiger partial charge < -0.3 is 0 Å². The molecule has 0 bridgehead atoms. The molecule has 4 rings (SSSR count). The number of benzene rings is 1. The predicted molar refractivity (Wildman–Crippen MR) is 81.8 cm³/mol. The van der Waals surface area contributed by atoms with Crippen LogP contribution in [-0.4, -0.2) is 15.3 Å². The molecule has 4 heteroatoms. The van der Waals surface area contributed by atoms with E-state index >= 15 is 0 Å². The topological polar surface area (TPSA) is 34.9 Å². The Hall–Kier alpha value is -2.07. The number of fused-ring (bicyclic) bond motifs is 2. The van der Waals surface area contributed by atoms with Crippen molar-refractivity contribution in [2.45, 2.75) is 11.4 Å². The first-order chi connectivity index (χ1) is 9.86. The van der Waals surface area contributed by atoms with Crippen LogP contribution in [-0.2, 0) is 6.42 Å². The second-order valence-electron chi connectivity index (χ2n) is 4.76. The van der Waals surface area contributed by atoms with Crippen molar-refractivity contribution in [2.75, 3.05) is 5.75 Å². The van der Waals surface area contributed by atoms with Crippen molar-refractivity contribution < 1.29 is 0 Å². The molecule has 0 fully saturated rings. The van der Waals surface area contributed by atoms with E-state index in [-0.39, 0.29) is 5.43 Å². The van der Waals surface area contributed by atoms with E-state index in [1.807, 2.05) is 30.3 Å². The van der Waals surface area contributed by atoms with Crippen LogP contribution in [0.25, 0.3) is 16.7 Å². The van der Waals surface area contributed by atoms with Crippen molar-refractivity contribution in [3.63, 3.8) is 0 Å². The van der Waals surface area contributed by atoms with Gasteiger partial charge in [-0.3, -0.25) is 9.36 Å². The average Bonchev–Trinajstić information content (AvgIpc) is 2.98. The summed E-state index contributed by atoms with van der Waals surface area (Å²) in [7, 11) is 0. The van der Waals surface area contributed by atoms with Gasteiger partial charge in [0.25, 0.3) is 0 Å². The normalized spacial score (nSPS) is 13.6. The molecule has 3 nitrogen and oxygen atoms in total. The van der Waals surface area contributed by atoms with E-state index in [1.54, 1.807) is 18.0 Å². The lowest BCUT2D eigenvalue weighted by molar-refractivity contribution is 0.909. The van der Waals surface area contributed by atoms with Crippen LogP contribution >= 0.6 is 11.8 Å². The minimum Gasteiger partial charge on any atom is -0.289 e. The highest BCUT2D eigenvalue weighted by Gasteiger charge is 2.22. The van der Waals surface area contributed by atoms with E-state index in [9.17, 15) is 4.79 Å². The quantitative estimate of drug-likeness (QED) is 0.687. The van der Waals surface area contributed by atoms with Gasteiger partial charge in [0.2, 0.25) is 0 Å². The van der Waals surface area contributed by atoms with Gasteiger partial charge in [0.1, 0.15) is 5.65 Å². The van der Waals surface area contributed by atoms with Crippen molar-refractivity contribution in [1.29, 1.82) is 0 Å². The number of pyridine rings is 2. The first-order valence-corrected chi connectivity index (χ1v) is 7.55. The van der Waals surface area contributed by atoms with E-state index in [0.29, 0.717) is 5.39 Å². The van der Waals surface area contributed by atoms with Crippen molar-refractivity contribution in [2.24, 2.45) is 0 Å². The third kappa shape index (κ3) is 1.61. The Morgan fingerprint density at radius 2 is 1.95 bits per heavy atom. The Labute approximate surface area is 120 Å². The zero-order chi connectivity index (χ0) is 13.5. The van der Waals surface area contributed by atoms with Crippen molar-refractivity contribution in [3.05, 3.63) is 64.4 Å². The van der Waals surface area contributed by atoms with Crippen molar-refractivity contribution >= 4 is 22.8 Å². The second-order valence-corrected chi connectivity index (χ2v) is 5.84. The van der Waals surface area contributed by atoms with E-state index in [4.69, 9.17) is 0 Å². The lowest BCUT2D eigenvalue weighted by atomic mass is 10.1. The molecule has 0 radical (unpaired) electrons. The molecule has 0 saturated carbocycles. The van der Waals surface area contributed by atoms with E-state index in [0.717, 1.165) is 34.1 Å². The first kappa shape index (κ1) is 11.7. The summed E-state index contributed by atoms with van der Waals surface area (Å²) in [4.78, 5) is 17.0. The molecule has 3 heterocycles. The number of hydrogen-bond donors (Lipinski definition) is 0. The van der Waals surface area contributed by atoms with Gasteiger partial charge in [0.05, 0.1) is 10.4 Å². The standard InChI is InChI=1S/C16H12N2OS/c19-14-12-7-4-9-17-15(12)18(11-5-2-1-3-6-11)16-13(14)8-10-20-16/h1-7,9H,8,10H2. The summed E-state index contributed by atoms with van der Waals surface area (Å²) in [5.41, 5.74) is 2.87. The van der Waals surface area contributed by atoms with Gasteiger partial charge in [-0.2, -0.15) is 0 Å². The summed E-state index contributed by atoms with van der Waals surface area (Å²) < 4.78 is 2.11. The van der Waals surface area contributed by atoms with E-state index < -0.39 is 0 Å². The highest BCUT2D eigenvalue weighted by molar-refractivity contribution is 7.99. The number of aromatic nitrogens is 2. The van der Waals surface area contributed by atoms with Crippen LogP contribution in [0.2, 0.25) is 0 Å². The molecule has 0 amide bonds. The predicted octanol–water partition coefficient (Wildman–Crippen LogP) is 3.03. The molecule has 0 saturated heterocycles. The van der Waals surface area contributed by atoms with Crippen molar-refractivity contribution in [1.82, 2.24) is 9.55 Å². The maximum atomic E-state index is 12.5. The molecule has 0 N–H and O–H groups in total. The molecule has 1 aromatic carbocycles. The molecule has 1 aliphatic heterocycles. The number of thioether (sulfide) groups is 1. The monoisotopic (exact) mass is 280 g/mol. The highest BCUT2D eigenvalue weighted by Crippen LogP contribution is 2.33. The third-order valence-corrected chi connectivity index (χ3v) is 4.69. The van der Waals surface area contributed by atoms with E-state index in [1.165, 1.54) is 0 Å². The Bertz CT molecular complexity index is 855. The fraction of sp³-hybridized carbons (Fsp3) is 0.125. The number of hydrogen-bond acceptors (Lipinski definition) is 3. The van der Waals surface area contributed by atoms with Crippen LogP contribution in [0.15, 0.2) is 58.5 Å². The van der Waals surface area contributed by atoms with Crippen molar-refractivity contribution in [3.8, 4) is 5.69 Å². The summed E-state index contributed by atoms with van der Waals surface area (Å²) >= 11 is 1.74.